The van der Waals surface area contributed by atoms with E-state index in [1.54, 1.807) is 22.2 Å². The summed E-state index contributed by atoms with van der Waals surface area (Å²) in [6, 6.07) is -0.377. The summed E-state index contributed by atoms with van der Waals surface area (Å²) >= 11 is 0. The Bertz CT molecular complexity index is 726. The largest absolute Gasteiger partial charge is 0.347 e. The van der Waals surface area contributed by atoms with Gasteiger partial charge in [0.2, 0.25) is 11.8 Å². The van der Waals surface area contributed by atoms with Crippen molar-refractivity contribution in [1.82, 2.24) is 25.0 Å². The molecule has 3 rings (SSSR count). The molecule has 1 aliphatic rings. The van der Waals surface area contributed by atoms with E-state index in [2.05, 4.69) is 25.4 Å². The molecule has 2 amide bonds. The van der Waals surface area contributed by atoms with Crippen LogP contribution < -0.4 is 10.2 Å². The fourth-order valence-corrected chi connectivity index (χ4v) is 2.71. The maximum absolute atomic E-state index is 12.6. The molecule has 9 heteroatoms. The predicted molar refractivity (Wildman–Crippen MR) is 92.4 cm³/mol. The minimum atomic E-state index is -0.209. The molecule has 3 heterocycles. The zero-order valence-electron chi connectivity index (χ0n) is 14.9. The summed E-state index contributed by atoms with van der Waals surface area (Å²) in [5.41, 5.74) is 0.553. The summed E-state index contributed by atoms with van der Waals surface area (Å²) in [5, 5.41) is 6.89. The Labute approximate surface area is 146 Å². The van der Waals surface area contributed by atoms with Gasteiger partial charge in [0.15, 0.2) is 5.82 Å². The van der Waals surface area contributed by atoms with E-state index in [4.69, 9.17) is 4.52 Å². The Kier molecular flexibility index (Phi) is 4.82. The molecule has 1 atom stereocenters. The molecule has 0 saturated carbocycles. The maximum atomic E-state index is 12.6. The fraction of sp³-hybridized carbons (Fsp3) is 0.562. The number of amides is 2. The summed E-state index contributed by atoms with van der Waals surface area (Å²) in [6.07, 6.45) is 4.91. The van der Waals surface area contributed by atoms with Crippen molar-refractivity contribution in [3.8, 4) is 0 Å². The van der Waals surface area contributed by atoms with Gasteiger partial charge in [0.1, 0.15) is 0 Å². The maximum Gasteiger partial charge on any atom is 0.322 e. The van der Waals surface area contributed by atoms with Gasteiger partial charge in [0.25, 0.3) is 0 Å². The summed E-state index contributed by atoms with van der Waals surface area (Å²) in [5.74, 6) is 1.91. The number of nitrogens with one attached hydrogen (secondary N) is 1. The third-order valence-corrected chi connectivity index (χ3v) is 4.05. The van der Waals surface area contributed by atoms with Crippen molar-refractivity contribution in [2.75, 3.05) is 30.9 Å². The van der Waals surface area contributed by atoms with E-state index in [9.17, 15) is 4.79 Å². The van der Waals surface area contributed by atoms with Crippen LogP contribution in [0.1, 0.15) is 50.4 Å². The quantitative estimate of drug-likeness (QED) is 0.908. The van der Waals surface area contributed by atoms with Gasteiger partial charge in [-0.15, -0.1) is 0 Å². The van der Waals surface area contributed by atoms with Crippen LogP contribution in [0.3, 0.4) is 0 Å². The van der Waals surface area contributed by atoms with Crippen LogP contribution in [0.4, 0.5) is 16.4 Å². The molecule has 2 aromatic rings. The van der Waals surface area contributed by atoms with E-state index in [0.717, 1.165) is 12.8 Å². The van der Waals surface area contributed by atoms with Crippen molar-refractivity contribution in [3.05, 3.63) is 24.1 Å². The molecule has 0 spiro atoms. The first kappa shape index (κ1) is 17.1. The van der Waals surface area contributed by atoms with Crippen LogP contribution in [-0.4, -0.2) is 51.7 Å². The Balaban J connectivity index is 1.69. The van der Waals surface area contributed by atoms with Crippen molar-refractivity contribution < 1.29 is 9.32 Å². The van der Waals surface area contributed by atoms with E-state index in [1.165, 1.54) is 0 Å². The summed E-state index contributed by atoms with van der Waals surface area (Å²) in [7, 11) is 3.72. The first-order valence-electron chi connectivity index (χ1n) is 8.36. The zero-order chi connectivity index (χ0) is 18.0. The van der Waals surface area contributed by atoms with Gasteiger partial charge in [-0.25, -0.2) is 14.8 Å². The second kappa shape index (κ2) is 7.04. The van der Waals surface area contributed by atoms with E-state index < -0.39 is 0 Å². The van der Waals surface area contributed by atoms with Gasteiger partial charge in [0, 0.05) is 26.6 Å². The van der Waals surface area contributed by atoms with Crippen LogP contribution in [0.5, 0.6) is 0 Å². The summed E-state index contributed by atoms with van der Waals surface area (Å²) in [4.78, 5) is 29.0. The molecule has 0 aliphatic carbocycles. The monoisotopic (exact) mass is 345 g/mol. The number of hydrogen-bond donors (Lipinski definition) is 1. The smallest absolute Gasteiger partial charge is 0.322 e. The molecule has 25 heavy (non-hydrogen) atoms. The van der Waals surface area contributed by atoms with Gasteiger partial charge in [-0.3, -0.25) is 0 Å². The van der Waals surface area contributed by atoms with Crippen LogP contribution in [0.2, 0.25) is 0 Å². The Hall–Kier alpha value is -2.71. The van der Waals surface area contributed by atoms with Gasteiger partial charge in [0.05, 0.1) is 24.1 Å². The van der Waals surface area contributed by atoms with Crippen LogP contribution in [-0.2, 0) is 0 Å². The van der Waals surface area contributed by atoms with E-state index in [1.807, 2.05) is 27.9 Å². The number of carbonyl (C=O) groups excluding carboxylic acids is 1. The number of anilines is 2. The number of aromatic nitrogens is 4. The molecule has 1 unspecified atom stereocenters. The lowest BCUT2D eigenvalue weighted by Gasteiger charge is -2.22. The average molecular weight is 345 g/mol. The van der Waals surface area contributed by atoms with Crippen molar-refractivity contribution >= 4 is 17.7 Å². The molecule has 0 aromatic carbocycles. The predicted octanol–water partition coefficient (Wildman–Crippen LogP) is 2.42. The summed E-state index contributed by atoms with van der Waals surface area (Å²) < 4.78 is 5.28. The van der Waals surface area contributed by atoms with Gasteiger partial charge in [-0.05, 0) is 12.8 Å². The lowest BCUT2D eigenvalue weighted by atomic mass is 10.2. The summed E-state index contributed by atoms with van der Waals surface area (Å²) in [6.45, 7) is 4.64. The molecule has 1 aliphatic heterocycles. The molecule has 1 N–H and O–H groups in total. The average Bonchev–Trinajstić information content (AvgIpc) is 3.24. The number of carbonyl (C=O) groups is 1. The van der Waals surface area contributed by atoms with Gasteiger partial charge in [-0.2, -0.15) is 4.98 Å². The van der Waals surface area contributed by atoms with Crippen LogP contribution >= 0.6 is 0 Å². The first-order valence-corrected chi connectivity index (χ1v) is 8.36. The van der Waals surface area contributed by atoms with Crippen molar-refractivity contribution in [3.63, 3.8) is 0 Å². The van der Waals surface area contributed by atoms with Crippen LogP contribution in [0, 0.1) is 0 Å². The Morgan fingerprint density at radius 3 is 2.68 bits per heavy atom. The molecular formula is C16H23N7O2. The Morgan fingerprint density at radius 1 is 1.36 bits per heavy atom. The van der Waals surface area contributed by atoms with E-state index >= 15 is 0 Å². The second-order valence-electron chi connectivity index (χ2n) is 6.59. The van der Waals surface area contributed by atoms with Crippen molar-refractivity contribution in [2.24, 2.45) is 0 Å². The fourth-order valence-electron chi connectivity index (χ4n) is 2.71. The molecule has 2 aromatic heterocycles. The number of rotatable bonds is 4. The lowest BCUT2D eigenvalue weighted by Crippen LogP contribution is -2.35. The SMILES string of the molecule is CC(C)c1nc(C2CCCN2C(=O)Nc2cnc(N(C)C)nc2)no1. The number of hydrogen-bond acceptors (Lipinski definition) is 7. The molecule has 1 fully saturated rings. The molecule has 9 nitrogen and oxygen atoms in total. The standard InChI is InChI=1S/C16H23N7O2/c1-10(2)14-20-13(21-25-14)12-6-5-7-23(12)16(24)19-11-8-17-15(18-9-11)22(3)4/h8-10,12H,5-7H2,1-4H3,(H,19,24). The third kappa shape index (κ3) is 3.70. The highest BCUT2D eigenvalue weighted by Crippen LogP contribution is 2.31. The Morgan fingerprint density at radius 2 is 2.08 bits per heavy atom. The molecular weight excluding hydrogens is 322 g/mol. The minimum Gasteiger partial charge on any atom is -0.347 e. The number of likely N-dealkylation sites (tertiary alicyclic amines) is 1. The second-order valence-corrected chi connectivity index (χ2v) is 6.59. The highest BCUT2D eigenvalue weighted by Gasteiger charge is 2.33. The van der Waals surface area contributed by atoms with Crippen molar-refractivity contribution in [2.45, 2.75) is 38.6 Å². The molecule has 0 bridgehead atoms. The van der Waals surface area contributed by atoms with Crippen LogP contribution in [0.25, 0.3) is 0 Å². The zero-order valence-corrected chi connectivity index (χ0v) is 14.9. The molecule has 0 radical (unpaired) electrons. The number of urea groups is 1. The molecule has 1 saturated heterocycles. The van der Waals surface area contributed by atoms with E-state index in [0.29, 0.717) is 29.9 Å². The van der Waals surface area contributed by atoms with E-state index in [-0.39, 0.29) is 18.0 Å². The number of nitrogens with zero attached hydrogens (tertiary/aromatic N) is 6. The van der Waals surface area contributed by atoms with Gasteiger partial charge in [-0.1, -0.05) is 19.0 Å². The van der Waals surface area contributed by atoms with Gasteiger partial charge < -0.3 is 19.6 Å². The normalized spacial score (nSPS) is 17.2. The third-order valence-electron chi connectivity index (χ3n) is 4.05. The van der Waals surface area contributed by atoms with Crippen molar-refractivity contribution in [1.29, 1.82) is 0 Å². The lowest BCUT2D eigenvalue weighted by molar-refractivity contribution is 0.203. The first-order chi connectivity index (χ1) is 12.0. The minimum absolute atomic E-state index is 0.164. The van der Waals surface area contributed by atoms with Crippen LogP contribution in [0.15, 0.2) is 16.9 Å². The topological polar surface area (TPSA) is 100 Å². The highest BCUT2D eigenvalue weighted by molar-refractivity contribution is 5.89. The molecule has 134 valence electrons. The van der Waals surface area contributed by atoms with Gasteiger partial charge >= 0.3 is 6.03 Å². The highest BCUT2D eigenvalue weighted by atomic mass is 16.5.